The monoisotopic (exact) mass is 312 g/mol. The van der Waals surface area contributed by atoms with E-state index in [1.165, 1.54) is 0 Å². The number of benzene rings is 1. The molecule has 6 heteroatoms. The fourth-order valence-electron chi connectivity index (χ4n) is 2.20. The zero-order valence-electron chi connectivity index (χ0n) is 12.5. The standard InChI is InChI=1S/C15H24N2O3S/c1-11(2)9-14(10-18)16-12-5-7-15(8-6-12)21(19,20)17-13-3-4-13/h5-8,11,13-14,16-18H,3-4,9-10H2,1-2H3. The van der Waals surface area contributed by atoms with E-state index >= 15 is 0 Å². The van der Waals surface area contributed by atoms with Crippen LogP contribution >= 0.6 is 0 Å². The fourth-order valence-corrected chi connectivity index (χ4v) is 3.51. The Morgan fingerprint density at radius 2 is 1.86 bits per heavy atom. The Bertz CT molecular complexity index is 551. The first-order valence-electron chi connectivity index (χ1n) is 7.40. The van der Waals surface area contributed by atoms with Crippen LogP contribution in [0.2, 0.25) is 0 Å². The van der Waals surface area contributed by atoms with E-state index in [-0.39, 0.29) is 23.6 Å². The minimum Gasteiger partial charge on any atom is -0.394 e. The second kappa shape index (κ2) is 6.77. The molecule has 118 valence electrons. The van der Waals surface area contributed by atoms with Gasteiger partial charge in [0, 0.05) is 17.8 Å². The van der Waals surface area contributed by atoms with Gasteiger partial charge in [0.2, 0.25) is 10.0 Å². The first kappa shape index (κ1) is 16.3. The zero-order chi connectivity index (χ0) is 15.5. The van der Waals surface area contributed by atoms with Crippen LogP contribution in [0.3, 0.4) is 0 Å². The van der Waals surface area contributed by atoms with Crippen molar-refractivity contribution in [2.45, 2.75) is 50.1 Å². The van der Waals surface area contributed by atoms with Crippen molar-refractivity contribution in [3.63, 3.8) is 0 Å². The molecule has 1 fully saturated rings. The molecule has 1 aromatic rings. The molecule has 0 saturated heterocycles. The summed E-state index contributed by atoms with van der Waals surface area (Å²) >= 11 is 0. The second-order valence-electron chi connectivity index (χ2n) is 6.07. The summed E-state index contributed by atoms with van der Waals surface area (Å²) in [6.45, 7) is 4.26. The van der Waals surface area contributed by atoms with Crippen LogP contribution in [0.1, 0.15) is 33.1 Å². The molecule has 1 atom stereocenters. The van der Waals surface area contributed by atoms with Crippen molar-refractivity contribution in [2.75, 3.05) is 11.9 Å². The Balaban J connectivity index is 2.00. The van der Waals surface area contributed by atoms with E-state index in [0.29, 0.717) is 5.92 Å². The van der Waals surface area contributed by atoms with E-state index in [0.717, 1.165) is 24.9 Å². The van der Waals surface area contributed by atoms with Crippen molar-refractivity contribution in [3.8, 4) is 0 Å². The number of rotatable bonds is 8. The van der Waals surface area contributed by atoms with Gasteiger partial charge in [-0.2, -0.15) is 0 Å². The fraction of sp³-hybridized carbons (Fsp3) is 0.600. The van der Waals surface area contributed by atoms with Crippen LogP contribution in [-0.4, -0.2) is 32.2 Å². The van der Waals surface area contributed by atoms with E-state index in [2.05, 4.69) is 23.9 Å². The van der Waals surface area contributed by atoms with Crippen LogP contribution < -0.4 is 10.0 Å². The molecule has 2 rings (SSSR count). The first-order chi connectivity index (χ1) is 9.90. The minimum absolute atomic E-state index is 0.0166. The van der Waals surface area contributed by atoms with E-state index in [1.807, 2.05) is 0 Å². The normalized spacial score (nSPS) is 17.0. The van der Waals surface area contributed by atoms with Crippen molar-refractivity contribution in [1.82, 2.24) is 4.72 Å². The molecular formula is C15H24N2O3S. The van der Waals surface area contributed by atoms with Crippen LogP contribution in [0.4, 0.5) is 5.69 Å². The largest absolute Gasteiger partial charge is 0.394 e. The molecule has 0 aliphatic heterocycles. The predicted molar refractivity (Wildman–Crippen MR) is 83.7 cm³/mol. The van der Waals surface area contributed by atoms with Crippen molar-refractivity contribution >= 4 is 15.7 Å². The van der Waals surface area contributed by atoms with Crippen molar-refractivity contribution in [3.05, 3.63) is 24.3 Å². The highest BCUT2D eigenvalue weighted by molar-refractivity contribution is 7.89. The number of hydrogen-bond donors (Lipinski definition) is 3. The molecule has 1 aliphatic rings. The Hall–Kier alpha value is -1.11. The Morgan fingerprint density at radius 3 is 2.33 bits per heavy atom. The van der Waals surface area contributed by atoms with Gasteiger partial charge in [0.1, 0.15) is 0 Å². The van der Waals surface area contributed by atoms with Crippen molar-refractivity contribution in [1.29, 1.82) is 0 Å². The number of hydrogen-bond acceptors (Lipinski definition) is 4. The summed E-state index contributed by atoms with van der Waals surface area (Å²) in [6.07, 6.45) is 2.71. The smallest absolute Gasteiger partial charge is 0.240 e. The van der Waals surface area contributed by atoms with Crippen LogP contribution in [0, 0.1) is 5.92 Å². The lowest BCUT2D eigenvalue weighted by atomic mass is 10.0. The summed E-state index contributed by atoms with van der Waals surface area (Å²) in [7, 11) is -3.39. The third-order valence-corrected chi connectivity index (χ3v) is 4.95. The maximum absolute atomic E-state index is 12.0. The highest BCUT2D eigenvalue weighted by Gasteiger charge is 2.27. The topological polar surface area (TPSA) is 78.4 Å². The lowest BCUT2D eigenvalue weighted by Crippen LogP contribution is -2.26. The van der Waals surface area contributed by atoms with Gasteiger partial charge in [0.05, 0.1) is 11.5 Å². The van der Waals surface area contributed by atoms with Crippen LogP contribution in [-0.2, 0) is 10.0 Å². The molecule has 0 radical (unpaired) electrons. The third kappa shape index (κ3) is 4.98. The van der Waals surface area contributed by atoms with Crippen LogP contribution in [0.5, 0.6) is 0 Å². The average Bonchev–Trinajstić information content (AvgIpc) is 3.21. The van der Waals surface area contributed by atoms with Crippen LogP contribution in [0.15, 0.2) is 29.2 Å². The lowest BCUT2D eigenvalue weighted by Gasteiger charge is -2.19. The molecule has 1 saturated carbocycles. The molecule has 1 aliphatic carbocycles. The van der Waals surface area contributed by atoms with Gasteiger partial charge in [0.15, 0.2) is 0 Å². The summed E-state index contributed by atoms with van der Waals surface area (Å²) in [6, 6.07) is 6.76. The number of aliphatic hydroxyl groups excluding tert-OH is 1. The Morgan fingerprint density at radius 1 is 1.24 bits per heavy atom. The summed E-state index contributed by atoms with van der Waals surface area (Å²) in [5.41, 5.74) is 0.820. The third-order valence-electron chi connectivity index (χ3n) is 3.41. The van der Waals surface area contributed by atoms with E-state index in [9.17, 15) is 13.5 Å². The number of sulfonamides is 1. The maximum Gasteiger partial charge on any atom is 0.240 e. The molecule has 3 N–H and O–H groups in total. The Kier molecular flexibility index (Phi) is 5.24. The highest BCUT2D eigenvalue weighted by Crippen LogP contribution is 2.23. The SMILES string of the molecule is CC(C)CC(CO)Nc1ccc(S(=O)(=O)NC2CC2)cc1. The summed E-state index contributed by atoms with van der Waals surface area (Å²) < 4.78 is 26.7. The molecule has 1 aromatic carbocycles. The molecule has 0 heterocycles. The molecule has 0 spiro atoms. The van der Waals surface area contributed by atoms with Gasteiger partial charge in [-0.05, 0) is 49.4 Å². The Labute approximate surface area is 126 Å². The summed E-state index contributed by atoms with van der Waals surface area (Å²) in [4.78, 5) is 0.282. The van der Waals surface area contributed by atoms with Gasteiger partial charge in [-0.25, -0.2) is 13.1 Å². The maximum atomic E-state index is 12.0. The quantitative estimate of drug-likeness (QED) is 0.685. The van der Waals surface area contributed by atoms with Crippen molar-refractivity contribution < 1.29 is 13.5 Å². The predicted octanol–water partition coefficient (Wildman–Crippen LogP) is 1.95. The van der Waals surface area contributed by atoms with Gasteiger partial charge in [-0.15, -0.1) is 0 Å². The zero-order valence-corrected chi connectivity index (χ0v) is 13.4. The van der Waals surface area contributed by atoms with E-state index in [1.54, 1.807) is 24.3 Å². The van der Waals surface area contributed by atoms with E-state index in [4.69, 9.17) is 0 Å². The second-order valence-corrected chi connectivity index (χ2v) is 7.79. The molecule has 0 amide bonds. The average molecular weight is 312 g/mol. The minimum atomic E-state index is -3.39. The summed E-state index contributed by atoms with van der Waals surface area (Å²) in [5.74, 6) is 0.483. The van der Waals surface area contributed by atoms with Crippen LogP contribution in [0.25, 0.3) is 0 Å². The number of aliphatic hydroxyl groups is 1. The lowest BCUT2D eigenvalue weighted by molar-refractivity contribution is 0.259. The van der Waals surface area contributed by atoms with Crippen molar-refractivity contribution in [2.24, 2.45) is 5.92 Å². The molecule has 0 bridgehead atoms. The van der Waals surface area contributed by atoms with Gasteiger partial charge in [0.25, 0.3) is 0 Å². The van der Waals surface area contributed by atoms with Gasteiger partial charge in [-0.3, -0.25) is 0 Å². The van der Waals surface area contributed by atoms with Gasteiger partial charge in [-0.1, -0.05) is 13.8 Å². The molecule has 21 heavy (non-hydrogen) atoms. The molecule has 1 unspecified atom stereocenters. The van der Waals surface area contributed by atoms with Gasteiger partial charge >= 0.3 is 0 Å². The molecule has 0 aromatic heterocycles. The van der Waals surface area contributed by atoms with Gasteiger partial charge < -0.3 is 10.4 Å². The van der Waals surface area contributed by atoms with E-state index < -0.39 is 10.0 Å². The molecule has 5 nitrogen and oxygen atoms in total. The highest BCUT2D eigenvalue weighted by atomic mass is 32.2. The number of nitrogens with one attached hydrogen (secondary N) is 2. The summed E-state index contributed by atoms with van der Waals surface area (Å²) in [5, 5.41) is 12.6. The first-order valence-corrected chi connectivity index (χ1v) is 8.89. The molecular weight excluding hydrogens is 288 g/mol. The number of anilines is 1.